The third kappa shape index (κ3) is 2.43. The van der Waals surface area contributed by atoms with Crippen molar-refractivity contribution < 1.29 is 24.5 Å². The highest BCUT2D eigenvalue weighted by atomic mass is 16.5. The van der Waals surface area contributed by atoms with Crippen molar-refractivity contribution in [3.63, 3.8) is 0 Å². The minimum Gasteiger partial charge on any atom is -0.481 e. The predicted octanol–water partition coefficient (Wildman–Crippen LogP) is -0.125. The molecule has 5 nitrogen and oxygen atoms in total. The van der Waals surface area contributed by atoms with Crippen LogP contribution in [0.25, 0.3) is 0 Å². The molecule has 0 aromatic carbocycles. The van der Waals surface area contributed by atoms with Crippen LogP contribution in [-0.2, 0) is 14.3 Å². The first-order chi connectivity index (χ1) is 6.60. The van der Waals surface area contributed by atoms with Gasteiger partial charge in [-0.1, -0.05) is 0 Å². The van der Waals surface area contributed by atoms with E-state index in [9.17, 15) is 9.90 Å². The summed E-state index contributed by atoms with van der Waals surface area (Å²) in [5.74, 6) is -0.898. The lowest BCUT2D eigenvalue weighted by Crippen LogP contribution is -2.36. The van der Waals surface area contributed by atoms with Crippen LogP contribution in [0.5, 0.6) is 0 Å². The van der Waals surface area contributed by atoms with E-state index in [4.69, 9.17) is 14.6 Å². The first-order valence-electron chi connectivity index (χ1n) is 4.59. The van der Waals surface area contributed by atoms with Crippen LogP contribution in [-0.4, -0.2) is 49.2 Å². The maximum absolute atomic E-state index is 11.0. The minimum atomic E-state index is -0.919. The fraction of sp³-hybridized carbons (Fsp3) is 0.889. The quantitative estimate of drug-likeness (QED) is 0.652. The summed E-state index contributed by atoms with van der Waals surface area (Å²) < 4.78 is 9.82. The Hall–Kier alpha value is -0.650. The molecule has 1 rings (SSSR count). The van der Waals surface area contributed by atoms with Gasteiger partial charge < -0.3 is 19.7 Å². The van der Waals surface area contributed by atoms with Gasteiger partial charge in [0.1, 0.15) is 0 Å². The molecule has 1 aliphatic heterocycles. The number of carboxylic acid groups (broad SMARTS) is 1. The Morgan fingerprint density at radius 2 is 2.43 bits per heavy atom. The van der Waals surface area contributed by atoms with Crippen molar-refractivity contribution in [1.82, 2.24) is 0 Å². The van der Waals surface area contributed by atoms with Crippen molar-refractivity contribution in [3.8, 4) is 0 Å². The number of ether oxygens (including phenoxy) is 2. The monoisotopic (exact) mass is 204 g/mol. The van der Waals surface area contributed by atoms with E-state index in [1.54, 1.807) is 0 Å². The van der Waals surface area contributed by atoms with Crippen molar-refractivity contribution in [2.75, 3.05) is 26.9 Å². The molecule has 0 amide bonds. The van der Waals surface area contributed by atoms with E-state index < -0.39 is 17.5 Å². The summed E-state index contributed by atoms with van der Waals surface area (Å²) in [5, 5.41) is 18.5. The van der Waals surface area contributed by atoms with Gasteiger partial charge in [-0.3, -0.25) is 4.79 Å². The van der Waals surface area contributed by atoms with E-state index in [2.05, 4.69) is 0 Å². The molecule has 0 aliphatic carbocycles. The summed E-state index contributed by atoms with van der Waals surface area (Å²) in [6.45, 7) is 0.796. The van der Waals surface area contributed by atoms with Gasteiger partial charge in [0.05, 0.1) is 24.7 Å². The number of carboxylic acids is 1. The summed E-state index contributed by atoms with van der Waals surface area (Å²) in [7, 11) is 1.47. The van der Waals surface area contributed by atoms with Crippen LogP contribution in [0.4, 0.5) is 0 Å². The molecule has 1 heterocycles. The Morgan fingerprint density at radius 1 is 1.71 bits per heavy atom. The maximum atomic E-state index is 11.0. The molecular formula is C9H16O5. The topological polar surface area (TPSA) is 76.0 Å². The zero-order chi connectivity index (χ0) is 10.6. The molecular weight excluding hydrogens is 188 g/mol. The largest absolute Gasteiger partial charge is 0.481 e. The first kappa shape index (κ1) is 11.4. The van der Waals surface area contributed by atoms with Crippen LogP contribution >= 0.6 is 0 Å². The van der Waals surface area contributed by atoms with Gasteiger partial charge in [0.2, 0.25) is 0 Å². The standard InChI is InChI=1S/C9H16O5/c1-13-5-7(10)4-9(8(11)12)2-3-14-6-9/h7,10H,2-6H2,1H3,(H,11,12). The van der Waals surface area contributed by atoms with Crippen molar-refractivity contribution in [2.45, 2.75) is 18.9 Å². The zero-order valence-electron chi connectivity index (χ0n) is 8.23. The zero-order valence-corrected chi connectivity index (χ0v) is 8.23. The van der Waals surface area contributed by atoms with E-state index in [1.165, 1.54) is 7.11 Å². The third-order valence-corrected chi connectivity index (χ3v) is 2.54. The maximum Gasteiger partial charge on any atom is 0.312 e. The highest BCUT2D eigenvalue weighted by Crippen LogP contribution is 2.34. The second kappa shape index (κ2) is 4.72. The molecule has 0 radical (unpaired) electrons. The second-order valence-electron chi connectivity index (χ2n) is 3.70. The van der Waals surface area contributed by atoms with E-state index in [0.717, 1.165) is 0 Å². The van der Waals surface area contributed by atoms with E-state index >= 15 is 0 Å². The lowest BCUT2D eigenvalue weighted by Gasteiger charge is -2.24. The third-order valence-electron chi connectivity index (χ3n) is 2.54. The lowest BCUT2D eigenvalue weighted by atomic mass is 9.82. The molecule has 0 bridgehead atoms. The number of hydrogen-bond donors (Lipinski definition) is 2. The summed E-state index contributed by atoms with van der Waals surface area (Å²) in [5.41, 5.74) is -0.919. The Balaban J connectivity index is 2.55. The van der Waals surface area contributed by atoms with Crippen molar-refractivity contribution in [3.05, 3.63) is 0 Å². The van der Waals surface area contributed by atoms with E-state index in [0.29, 0.717) is 13.0 Å². The number of aliphatic hydroxyl groups excluding tert-OH is 1. The van der Waals surface area contributed by atoms with Crippen LogP contribution < -0.4 is 0 Å². The van der Waals surface area contributed by atoms with Gasteiger partial charge >= 0.3 is 5.97 Å². The van der Waals surface area contributed by atoms with Gasteiger partial charge in [0.25, 0.3) is 0 Å². The highest BCUT2D eigenvalue weighted by Gasteiger charge is 2.43. The average molecular weight is 204 g/mol. The molecule has 2 N–H and O–H groups in total. The number of methoxy groups -OCH3 is 1. The lowest BCUT2D eigenvalue weighted by molar-refractivity contribution is -0.151. The predicted molar refractivity (Wildman–Crippen MR) is 48.0 cm³/mol. The molecule has 82 valence electrons. The van der Waals surface area contributed by atoms with Crippen molar-refractivity contribution >= 4 is 5.97 Å². The van der Waals surface area contributed by atoms with E-state index in [-0.39, 0.29) is 19.6 Å². The number of hydrogen-bond acceptors (Lipinski definition) is 4. The van der Waals surface area contributed by atoms with Gasteiger partial charge in [-0.05, 0) is 12.8 Å². The van der Waals surface area contributed by atoms with E-state index in [1.807, 2.05) is 0 Å². The van der Waals surface area contributed by atoms with Gasteiger partial charge in [-0.25, -0.2) is 0 Å². The number of rotatable bonds is 5. The Morgan fingerprint density at radius 3 is 2.86 bits per heavy atom. The number of aliphatic carboxylic acids is 1. The van der Waals surface area contributed by atoms with Crippen molar-refractivity contribution in [2.24, 2.45) is 5.41 Å². The Kier molecular flexibility index (Phi) is 3.86. The molecule has 0 spiro atoms. The molecule has 5 heteroatoms. The van der Waals surface area contributed by atoms with Gasteiger partial charge in [0, 0.05) is 13.7 Å². The van der Waals surface area contributed by atoms with Gasteiger partial charge in [-0.2, -0.15) is 0 Å². The molecule has 0 aromatic heterocycles. The smallest absolute Gasteiger partial charge is 0.312 e. The van der Waals surface area contributed by atoms with Crippen LogP contribution in [0, 0.1) is 5.41 Å². The molecule has 0 aromatic rings. The molecule has 1 saturated heterocycles. The van der Waals surface area contributed by atoms with Crippen LogP contribution in [0.2, 0.25) is 0 Å². The summed E-state index contributed by atoms with van der Waals surface area (Å²) in [6, 6.07) is 0. The fourth-order valence-electron chi connectivity index (χ4n) is 1.73. The fourth-order valence-corrected chi connectivity index (χ4v) is 1.73. The summed E-state index contributed by atoms with van der Waals surface area (Å²) >= 11 is 0. The number of carbonyl (C=O) groups is 1. The molecule has 1 fully saturated rings. The molecule has 2 unspecified atom stereocenters. The normalized spacial score (nSPS) is 29.0. The average Bonchev–Trinajstić information content (AvgIpc) is 2.54. The molecule has 2 atom stereocenters. The van der Waals surface area contributed by atoms with Crippen molar-refractivity contribution in [1.29, 1.82) is 0 Å². The summed E-state index contributed by atoms with van der Waals surface area (Å²) in [6.07, 6.45) is -0.0861. The van der Waals surface area contributed by atoms with Gasteiger partial charge in [0.15, 0.2) is 0 Å². The Bertz CT molecular complexity index is 197. The Labute approximate surface area is 82.6 Å². The molecule has 0 saturated carbocycles. The van der Waals surface area contributed by atoms with Crippen LogP contribution in [0.15, 0.2) is 0 Å². The highest BCUT2D eigenvalue weighted by molar-refractivity contribution is 5.75. The number of aliphatic hydroxyl groups is 1. The van der Waals surface area contributed by atoms with Crippen LogP contribution in [0.1, 0.15) is 12.8 Å². The molecule has 14 heavy (non-hydrogen) atoms. The van der Waals surface area contributed by atoms with Crippen LogP contribution in [0.3, 0.4) is 0 Å². The minimum absolute atomic E-state index is 0.162. The summed E-state index contributed by atoms with van der Waals surface area (Å²) in [4.78, 5) is 11.0. The van der Waals surface area contributed by atoms with Gasteiger partial charge in [-0.15, -0.1) is 0 Å². The molecule has 1 aliphatic rings. The first-order valence-corrected chi connectivity index (χ1v) is 4.59. The SMILES string of the molecule is COCC(O)CC1(C(=O)O)CCOC1. The second-order valence-corrected chi connectivity index (χ2v) is 3.70.